The number of ether oxygens (including phenoxy) is 1. The molecule has 2 aliphatic carbocycles. The van der Waals surface area contributed by atoms with Crippen LogP contribution in [-0.4, -0.2) is 49.7 Å². The van der Waals surface area contributed by atoms with Crippen LogP contribution in [0.4, 0.5) is 5.69 Å². The Hall–Kier alpha value is -1.23. The van der Waals surface area contributed by atoms with Gasteiger partial charge in [0.05, 0.1) is 16.0 Å². The number of halogens is 2. The summed E-state index contributed by atoms with van der Waals surface area (Å²) in [6.07, 6.45) is 7.31. The van der Waals surface area contributed by atoms with E-state index in [-0.39, 0.29) is 29.3 Å². The molecule has 5 rings (SSSR count). The molecular formula is C25H32Cl2N2O2. The van der Waals surface area contributed by atoms with Crippen LogP contribution >= 0.6 is 23.2 Å². The number of fused-ring (bicyclic) bond motifs is 2. The first kappa shape index (κ1) is 21.6. The quantitative estimate of drug-likeness (QED) is 0.442. The van der Waals surface area contributed by atoms with Crippen LogP contribution in [0.1, 0.15) is 39.5 Å². The lowest BCUT2D eigenvalue weighted by Gasteiger charge is -2.46. The van der Waals surface area contributed by atoms with Crippen LogP contribution in [0.15, 0.2) is 29.8 Å². The van der Waals surface area contributed by atoms with Gasteiger partial charge in [-0.2, -0.15) is 0 Å². The average molecular weight is 463 g/mol. The number of anilines is 1. The number of carbonyl (C=O) groups excluding carboxylic acids is 1. The minimum Gasteiger partial charge on any atom is -0.461 e. The summed E-state index contributed by atoms with van der Waals surface area (Å²) < 4.78 is 5.94. The molecule has 0 bridgehead atoms. The molecule has 1 saturated carbocycles. The van der Waals surface area contributed by atoms with E-state index < -0.39 is 0 Å². The number of hydrogen-bond acceptors (Lipinski definition) is 4. The fourth-order valence-electron chi connectivity index (χ4n) is 6.41. The van der Waals surface area contributed by atoms with Crippen LogP contribution in [0.2, 0.25) is 10.0 Å². The van der Waals surface area contributed by atoms with E-state index in [1.165, 1.54) is 19.3 Å². The molecule has 1 aromatic carbocycles. The van der Waals surface area contributed by atoms with Gasteiger partial charge in [0.2, 0.25) is 0 Å². The van der Waals surface area contributed by atoms with Gasteiger partial charge in [0.1, 0.15) is 6.10 Å². The molecule has 3 fully saturated rings. The first-order valence-electron chi connectivity index (χ1n) is 11.7. The van der Waals surface area contributed by atoms with Gasteiger partial charge in [0.15, 0.2) is 0 Å². The predicted octanol–water partition coefficient (Wildman–Crippen LogP) is 5.43. The van der Waals surface area contributed by atoms with Gasteiger partial charge < -0.3 is 9.64 Å². The number of esters is 1. The second-order valence-corrected chi connectivity index (χ2v) is 11.0. The molecule has 0 spiro atoms. The third-order valence-corrected chi connectivity index (χ3v) is 8.92. The Morgan fingerprint density at radius 2 is 1.94 bits per heavy atom. The van der Waals surface area contributed by atoms with Crippen LogP contribution in [0.25, 0.3) is 0 Å². The molecule has 5 unspecified atom stereocenters. The highest BCUT2D eigenvalue weighted by atomic mass is 35.5. The highest BCUT2D eigenvalue weighted by molar-refractivity contribution is 6.42. The van der Waals surface area contributed by atoms with Gasteiger partial charge >= 0.3 is 5.97 Å². The zero-order valence-corrected chi connectivity index (χ0v) is 20.0. The molecule has 2 aliphatic heterocycles. The molecule has 0 N–H and O–H groups in total. The monoisotopic (exact) mass is 462 g/mol. The Morgan fingerprint density at radius 1 is 1.16 bits per heavy atom. The molecule has 4 aliphatic rings. The number of carbonyl (C=O) groups is 1. The molecular weight excluding hydrogens is 431 g/mol. The molecule has 31 heavy (non-hydrogen) atoms. The number of rotatable bonds is 3. The van der Waals surface area contributed by atoms with Crippen molar-refractivity contribution in [1.29, 1.82) is 0 Å². The van der Waals surface area contributed by atoms with Gasteiger partial charge in [-0.15, -0.1) is 0 Å². The fraction of sp³-hybridized carbons (Fsp3) is 0.640. The molecule has 4 nitrogen and oxygen atoms in total. The Balaban J connectivity index is 1.25. The number of benzene rings is 1. The molecule has 1 aromatic rings. The third-order valence-electron chi connectivity index (χ3n) is 8.18. The predicted molar refractivity (Wildman–Crippen MR) is 126 cm³/mol. The highest BCUT2D eigenvalue weighted by Crippen LogP contribution is 2.54. The summed E-state index contributed by atoms with van der Waals surface area (Å²) in [4.78, 5) is 17.6. The molecule has 0 aromatic heterocycles. The topological polar surface area (TPSA) is 32.8 Å². The molecule has 0 amide bonds. The van der Waals surface area contributed by atoms with Gasteiger partial charge in [0.25, 0.3) is 0 Å². The van der Waals surface area contributed by atoms with Crippen molar-refractivity contribution in [3.05, 3.63) is 39.9 Å². The normalized spacial score (nSPS) is 35.9. The lowest BCUT2D eigenvalue weighted by molar-refractivity contribution is -0.145. The average Bonchev–Trinajstić information content (AvgIpc) is 3.03. The van der Waals surface area contributed by atoms with Crippen LogP contribution in [-0.2, 0) is 9.53 Å². The first-order chi connectivity index (χ1) is 14.8. The fourth-order valence-corrected chi connectivity index (χ4v) is 6.70. The summed E-state index contributed by atoms with van der Waals surface area (Å²) in [5.74, 6) is 0.844. The minimum atomic E-state index is -0.0345. The van der Waals surface area contributed by atoms with Crippen molar-refractivity contribution in [3.63, 3.8) is 0 Å². The zero-order chi connectivity index (χ0) is 21.8. The highest BCUT2D eigenvalue weighted by Gasteiger charge is 2.52. The summed E-state index contributed by atoms with van der Waals surface area (Å²) in [5, 5.41) is 1.18. The van der Waals surface area contributed by atoms with Crippen molar-refractivity contribution in [2.45, 2.75) is 45.6 Å². The van der Waals surface area contributed by atoms with Gasteiger partial charge in [-0.3, -0.25) is 9.69 Å². The largest absolute Gasteiger partial charge is 0.461 e. The Morgan fingerprint density at radius 3 is 2.68 bits per heavy atom. The van der Waals surface area contributed by atoms with E-state index in [9.17, 15) is 4.79 Å². The lowest BCUT2D eigenvalue weighted by Crippen LogP contribution is -2.49. The van der Waals surface area contributed by atoms with Crippen LogP contribution in [0.5, 0.6) is 0 Å². The summed E-state index contributed by atoms with van der Waals surface area (Å²) >= 11 is 12.3. The maximum atomic E-state index is 12.8. The summed E-state index contributed by atoms with van der Waals surface area (Å²) in [5.41, 5.74) is 2.92. The van der Waals surface area contributed by atoms with Crippen molar-refractivity contribution in [2.24, 2.45) is 23.2 Å². The molecule has 2 saturated heterocycles. The second kappa shape index (κ2) is 8.28. The number of hydrogen-bond donors (Lipinski definition) is 0. The summed E-state index contributed by atoms with van der Waals surface area (Å²) in [6.45, 7) is 9.25. The minimum absolute atomic E-state index is 0.00802. The van der Waals surface area contributed by atoms with E-state index in [1.54, 1.807) is 5.57 Å². The SMILES string of the molecule is CC1CCCC2(C)CC3OC(=O)C(CN4CCN(c5ccc(Cl)c(Cl)c5)CC4)C3C=C12. The first-order valence-corrected chi connectivity index (χ1v) is 12.4. The van der Waals surface area contributed by atoms with Crippen LogP contribution in [0.3, 0.4) is 0 Å². The van der Waals surface area contributed by atoms with Crippen molar-refractivity contribution in [3.8, 4) is 0 Å². The molecule has 168 valence electrons. The van der Waals surface area contributed by atoms with E-state index in [0.29, 0.717) is 16.0 Å². The van der Waals surface area contributed by atoms with Crippen molar-refractivity contribution in [1.82, 2.24) is 4.90 Å². The Kier molecular flexibility index (Phi) is 5.77. The maximum absolute atomic E-state index is 12.8. The van der Waals surface area contributed by atoms with Gasteiger partial charge in [0, 0.05) is 44.3 Å². The summed E-state index contributed by atoms with van der Waals surface area (Å²) in [7, 11) is 0. The van der Waals surface area contributed by atoms with E-state index in [4.69, 9.17) is 27.9 Å². The van der Waals surface area contributed by atoms with Gasteiger partial charge in [-0.05, 0) is 48.8 Å². The van der Waals surface area contributed by atoms with Crippen molar-refractivity contribution >= 4 is 34.9 Å². The third kappa shape index (κ3) is 4.00. The molecule has 0 radical (unpaired) electrons. The smallest absolute Gasteiger partial charge is 0.311 e. The molecule has 6 heteroatoms. The van der Waals surface area contributed by atoms with Crippen LogP contribution in [0, 0.1) is 23.2 Å². The molecule has 2 heterocycles. The molecule has 5 atom stereocenters. The van der Waals surface area contributed by atoms with Crippen molar-refractivity contribution < 1.29 is 9.53 Å². The maximum Gasteiger partial charge on any atom is 0.311 e. The number of nitrogens with zero attached hydrogens (tertiary/aromatic N) is 2. The second-order valence-electron chi connectivity index (χ2n) is 10.2. The van der Waals surface area contributed by atoms with Crippen LogP contribution < -0.4 is 4.90 Å². The summed E-state index contributed by atoms with van der Waals surface area (Å²) in [6, 6.07) is 5.82. The standard InChI is InChI=1S/C25H32Cl2N2O2/c1-16-4-3-7-25(2)14-23-18(13-20(16)25)19(24(30)31-23)15-28-8-10-29(11-9-28)17-5-6-21(26)22(27)12-17/h5-6,12-13,16,18-19,23H,3-4,7-11,14-15H2,1-2H3. The van der Waals surface area contributed by atoms with Gasteiger partial charge in [-0.1, -0.05) is 55.1 Å². The van der Waals surface area contributed by atoms with E-state index in [2.05, 4.69) is 29.7 Å². The lowest BCUT2D eigenvalue weighted by atomic mass is 9.59. The number of piperazine rings is 1. The van der Waals surface area contributed by atoms with Crippen molar-refractivity contribution in [2.75, 3.05) is 37.6 Å². The Bertz CT molecular complexity index is 896. The Labute approximate surface area is 195 Å². The zero-order valence-electron chi connectivity index (χ0n) is 18.4. The number of allylic oxidation sites excluding steroid dienone is 1. The van der Waals surface area contributed by atoms with E-state index >= 15 is 0 Å². The van der Waals surface area contributed by atoms with E-state index in [0.717, 1.165) is 44.8 Å². The van der Waals surface area contributed by atoms with E-state index in [1.807, 2.05) is 18.2 Å². The van der Waals surface area contributed by atoms with Gasteiger partial charge in [-0.25, -0.2) is 0 Å².